The summed E-state index contributed by atoms with van der Waals surface area (Å²) in [6.07, 6.45) is 6.20. The van der Waals surface area contributed by atoms with Crippen LogP contribution < -0.4 is 5.32 Å². The summed E-state index contributed by atoms with van der Waals surface area (Å²) in [4.78, 5) is 12.3. The summed E-state index contributed by atoms with van der Waals surface area (Å²) < 4.78 is 5.10. The fourth-order valence-corrected chi connectivity index (χ4v) is 3.85. The van der Waals surface area contributed by atoms with Gasteiger partial charge in [0.1, 0.15) is 5.01 Å². The van der Waals surface area contributed by atoms with E-state index >= 15 is 0 Å². The van der Waals surface area contributed by atoms with E-state index in [0.717, 1.165) is 10.6 Å². The summed E-state index contributed by atoms with van der Waals surface area (Å²) in [5, 5.41) is 12.9. The van der Waals surface area contributed by atoms with Gasteiger partial charge in [-0.05, 0) is 30.5 Å². The second kappa shape index (κ2) is 7.66. The van der Waals surface area contributed by atoms with Crippen LogP contribution in [0.15, 0.2) is 24.3 Å². The maximum absolute atomic E-state index is 12.3. The van der Waals surface area contributed by atoms with Gasteiger partial charge in [0.15, 0.2) is 0 Å². The molecule has 6 heteroatoms. The number of aromatic nitrogens is 2. The number of amides is 1. The summed E-state index contributed by atoms with van der Waals surface area (Å²) in [6.45, 7) is 0.492. The van der Waals surface area contributed by atoms with Crippen LogP contribution in [0, 0.1) is 0 Å². The van der Waals surface area contributed by atoms with Crippen molar-refractivity contribution in [2.75, 3.05) is 12.4 Å². The zero-order valence-corrected chi connectivity index (χ0v) is 14.1. The number of nitrogens with zero attached hydrogens (tertiary/aromatic N) is 2. The van der Waals surface area contributed by atoms with E-state index in [1.54, 1.807) is 13.2 Å². The zero-order valence-electron chi connectivity index (χ0n) is 13.2. The van der Waals surface area contributed by atoms with Crippen LogP contribution in [0.4, 0.5) is 5.13 Å². The number of benzene rings is 1. The Labute approximate surface area is 140 Å². The first-order valence-electron chi connectivity index (χ1n) is 7.99. The van der Waals surface area contributed by atoms with Crippen LogP contribution in [-0.2, 0) is 11.3 Å². The quantitative estimate of drug-likeness (QED) is 0.900. The third-order valence-electron chi connectivity index (χ3n) is 4.12. The standard InChI is InChI=1S/C17H21N3O2S/c1-22-11-12-6-5-9-14(10-12)15(21)18-17-20-19-16(23-17)13-7-3-2-4-8-13/h5-6,9-10,13H,2-4,7-8,11H2,1H3,(H,18,20,21). The van der Waals surface area contributed by atoms with Gasteiger partial charge in [0.05, 0.1) is 6.61 Å². The van der Waals surface area contributed by atoms with Crippen molar-refractivity contribution in [1.82, 2.24) is 10.2 Å². The van der Waals surface area contributed by atoms with Gasteiger partial charge in [0.2, 0.25) is 5.13 Å². The van der Waals surface area contributed by atoms with Crippen LogP contribution in [0.3, 0.4) is 0 Å². The van der Waals surface area contributed by atoms with Gasteiger partial charge in [-0.1, -0.05) is 42.7 Å². The number of hydrogen-bond donors (Lipinski definition) is 1. The molecule has 0 radical (unpaired) electrons. The maximum Gasteiger partial charge on any atom is 0.257 e. The Morgan fingerprint density at radius 2 is 2.13 bits per heavy atom. The molecule has 23 heavy (non-hydrogen) atoms. The number of ether oxygens (including phenoxy) is 1. The van der Waals surface area contributed by atoms with Gasteiger partial charge in [-0.2, -0.15) is 0 Å². The van der Waals surface area contributed by atoms with E-state index in [9.17, 15) is 4.79 Å². The molecule has 1 saturated carbocycles. The SMILES string of the molecule is COCc1cccc(C(=O)Nc2nnc(C3CCCCC3)s2)c1. The molecule has 1 amide bonds. The average molecular weight is 331 g/mol. The highest BCUT2D eigenvalue weighted by Crippen LogP contribution is 2.35. The van der Waals surface area contributed by atoms with Crippen molar-refractivity contribution in [2.45, 2.75) is 44.6 Å². The Balaban J connectivity index is 1.65. The third kappa shape index (κ3) is 4.14. The highest BCUT2D eigenvalue weighted by Gasteiger charge is 2.20. The van der Waals surface area contributed by atoms with Crippen molar-refractivity contribution in [2.24, 2.45) is 0 Å². The molecule has 0 saturated heterocycles. The van der Waals surface area contributed by atoms with Crippen molar-refractivity contribution in [3.05, 3.63) is 40.4 Å². The van der Waals surface area contributed by atoms with Crippen molar-refractivity contribution in [3.8, 4) is 0 Å². The molecule has 0 aliphatic heterocycles. The second-order valence-corrected chi connectivity index (χ2v) is 6.88. The summed E-state index contributed by atoms with van der Waals surface area (Å²) in [7, 11) is 1.64. The van der Waals surface area contributed by atoms with Gasteiger partial charge >= 0.3 is 0 Å². The van der Waals surface area contributed by atoms with E-state index in [4.69, 9.17) is 4.74 Å². The highest BCUT2D eigenvalue weighted by molar-refractivity contribution is 7.15. The molecular weight excluding hydrogens is 310 g/mol. The van der Waals surface area contributed by atoms with Gasteiger partial charge in [-0.3, -0.25) is 10.1 Å². The number of anilines is 1. The summed E-state index contributed by atoms with van der Waals surface area (Å²) in [5.41, 5.74) is 1.58. The molecule has 122 valence electrons. The van der Waals surface area contributed by atoms with Gasteiger partial charge in [-0.25, -0.2) is 0 Å². The smallest absolute Gasteiger partial charge is 0.257 e. The molecule has 0 spiro atoms. The zero-order chi connectivity index (χ0) is 16.1. The van der Waals surface area contributed by atoms with E-state index in [-0.39, 0.29) is 5.91 Å². The minimum atomic E-state index is -0.158. The molecule has 0 atom stereocenters. The van der Waals surface area contributed by atoms with Gasteiger partial charge < -0.3 is 4.74 Å². The number of hydrogen-bond acceptors (Lipinski definition) is 5. The molecule has 1 aromatic heterocycles. The highest BCUT2D eigenvalue weighted by atomic mass is 32.1. The summed E-state index contributed by atoms with van der Waals surface area (Å²) >= 11 is 1.50. The van der Waals surface area contributed by atoms with E-state index in [2.05, 4.69) is 15.5 Å². The van der Waals surface area contributed by atoms with Gasteiger partial charge in [0.25, 0.3) is 5.91 Å². The fourth-order valence-electron chi connectivity index (χ4n) is 2.94. The number of carbonyl (C=O) groups is 1. The maximum atomic E-state index is 12.3. The van der Waals surface area contributed by atoms with E-state index in [1.165, 1.54) is 43.4 Å². The first-order chi connectivity index (χ1) is 11.3. The predicted molar refractivity (Wildman–Crippen MR) is 90.8 cm³/mol. The van der Waals surface area contributed by atoms with Crippen LogP contribution in [0.2, 0.25) is 0 Å². The second-order valence-electron chi connectivity index (χ2n) is 5.87. The summed E-state index contributed by atoms with van der Waals surface area (Å²) in [6, 6.07) is 7.42. The molecule has 1 aliphatic rings. The molecule has 5 nitrogen and oxygen atoms in total. The number of rotatable bonds is 5. The number of methoxy groups -OCH3 is 1. The first-order valence-corrected chi connectivity index (χ1v) is 8.80. The Bertz CT molecular complexity index is 665. The molecule has 0 unspecified atom stereocenters. The molecule has 1 aromatic carbocycles. The van der Waals surface area contributed by atoms with Crippen LogP contribution in [0.1, 0.15) is 59.0 Å². The minimum Gasteiger partial charge on any atom is -0.380 e. The Morgan fingerprint density at radius 3 is 2.91 bits per heavy atom. The largest absolute Gasteiger partial charge is 0.380 e. The molecule has 0 bridgehead atoms. The van der Waals surface area contributed by atoms with Gasteiger partial charge in [0, 0.05) is 18.6 Å². The van der Waals surface area contributed by atoms with Crippen molar-refractivity contribution < 1.29 is 9.53 Å². The summed E-state index contributed by atoms with van der Waals surface area (Å²) in [5.74, 6) is 0.353. The number of carbonyl (C=O) groups excluding carboxylic acids is 1. The van der Waals surface area contributed by atoms with Gasteiger partial charge in [-0.15, -0.1) is 10.2 Å². The lowest BCUT2D eigenvalue weighted by Gasteiger charge is -2.18. The first kappa shape index (κ1) is 16.1. The third-order valence-corrected chi connectivity index (χ3v) is 5.12. The molecule has 2 aromatic rings. The van der Waals surface area contributed by atoms with Crippen LogP contribution >= 0.6 is 11.3 Å². The van der Waals surface area contributed by atoms with Crippen LogP contribution in [0.5, 0.6) is 0 Å². The molecular formula is C17H21N3O2S. The molecule has 1 fully saturated rings. The normalized spacial score (nSPS) is 15.5. The lowest BCUT2D eigenvalue weighted by atomic mass is 9.90. The van der Waals surface area contributed by atoms with E-state index in [0.29, 0.717) is 23.2 Å². The monoisotopic (exact) mass is 331 g/mol. The van der Waals surface area contributed by atoms with Crippen molar-refractivity contribution in [1.29, 1.82) is 0 Å². The Morgan fingerprint density at radius 1 is 1.30 bits per heavy atom. The minimum absolute atomic E-state index is 0.158. The molecule has 1 heterocycles. The average Bonchev–Trinajstić information content (AvgIpc) is 3.05. The topological polar surface area (TPSA) is 64.1 Å². The Hall–Kier alpha value is -1.79. The fraction of sp³-hybridized carbons (Fsp3) is 0.471. The van der Waals surface area contributed by atoms with Crippen molar-refractivity contribution >= 4 is 22.4 Å². The number of nitrogens with one attached hydrogen (secondary N) is 1. The molecule has 1 aliphatic carbocycles. The lowest BCUT2D eigenvalue weighted by molar-refractivity contribution is 0.102. The predicted octanol–water partition coefficient (Wildman–Crippen LogP) is 3.98. The molecule has 1 N–H and O–H groups in total. The Kier molecular flexibility index (Phi) is 5.35. The molecule has 3 rings (SSSR count). The van der Waals surface area contributed by atoms with E-state index in [1.807, 2.05) is 18.2 Å². The van der Waals surface area contributed by atoms with Crippen molar-refractivity contribution in [3.63, 3.8) is 0 Å². The van der Waals surface area contributed by atoms with Crippen LogP contribution in [-0.4, -0.2) is 23.2 Å². The van der Waals surface area contributed by atoms with E-state index < -0.39 is 0 Å². The lowest BCUT2D eigenvalue weighted by Crippen LogP contribution is -2.12. The van der Waals surface area contributed by atoms with Crippen LogP contribution in [0.25, 0.3) is 0 Å².